The summed E-state index contributed by atoms with van der Waals surface area (Å²) >= 11 is 0. The molecule has 0 unspecified atom stereocenters. The van der Waals surface area contributed by atoms with Crippen LogP contribution < -0.4 is 10.6 Å². The number of anilines is 2. The Balaban J connectivity index is 1.58. The molecule has 0 aliphatic carbocycles. The highest BCUT2D eigenvalue weighted by Crippen LogP contribution is 2.23. The van der Waals surface area contributed by atoms with Crippen LogP contribution in [0.3, 0.4) is 0 Å². The Kier molecular flexibility index (Phi) is 6.26. The SMILES string of the molecule is O=C(NCCCc1ccccc1)c1ccnc(Nc2ccc(F)c(F)c2F)c1. The zero-order valence-electron chi connectivity index (χ0n) is 14.9. The van der Waals surface area contributed by atoms with E-state index in [0.717, 1.165) is 25.0 Å². The van der Waals surface area contributed by atoms with Crippen LogP contribution in [-0.4, -0.2) is 17.4 Å². The molecule has 7 heteroatoms. The molecule has 0 spiro atoms. The minimum absolute atomic E-state index is 0.141. The number of halogens is 3. The highest BCUT2D eigenvalue weighted by molar-refractivity contribution is 5.94. The number of hydrogen-bond donors (Lipinski definition) is 2. The normalized spacial score (nSPS) is 10.5. The summed E-state index contributed by atoms with van der Waals surface area (Å²) in [7, 11) is 0. The first-order chi connectivity index (χ1) is 13.5. The minimum Gasteiger partial charge on any atom is -0.352 e. The van der Waals surface area contributed by atoms with Gasteiger partial charge in [-0.3, -0.25) is 4.79 Å². The lowest BCUT2D eigenvalue weighted by Crippen LogP contribution is -2.24. The summed E-state index contributed by atoms with van der Waals surface area (Å²) in [5.74, 6) is -4.36. The third-order valence-corrected chi connectivity index (χ3v) is 4.09. The number of nitrogens with zero attached hydrogens (tertiary/aromatic N) is 1. The van der Waals surface area contributed by atoms with Gasteiger partial charge < -0.3 is 10.6 Å². The fraction of sp³-hybridized carbons (Fsp3) is 0.143. The van der Waals surface area contributed by atoms with E-state index in [2.05, 4.69) is 15.6 Å². The first-order valence-electron chi connectivity index (χ1n) is 8.73. The van der Waals surface area contributed by atoms with Crippen LogP contribution >= 0.6 is 0 Å². The van der Waals surface area contributed by atoms with Crippen LogP contribution in [0.2, 0.25) is 0 Å². The lowest BCUT2D eigenvalue weighted by molar-refractivity contribution is 0.0953. The average molecular weight is 385 g/mol. The summed E-state index contributed by atoms with van der Waals surface area (Å²) in [6, 6.07) is 14.7. The van der Waals surface area contributed by atoms with Crippen LogP contribution in [0.25, 0.3) is 0 Å². The lowest BCUT2D eigenvalue weighted by Gasteiger charge is -2.09. The van der Waals surface area contributed by atoms with Gasteiger partial charge in [-0.05, 0) is 42.7 Å². The van der Waals surface area contributed by atoms with Gasteiger partial charge >= 0.3 is 0 Å². The Morgan fingerprint density at radius 3 is 2.54 bits per heavy atom. The van der Waals surface area contributed by atoms with E-state index in [1.54, 1.807) is 0 Å². The molecule has 1 aromatic heterocycles. The summed E-state index contributed by atoms with van der Waals surface area (Å²) in [5.41, 5.74) is 1.24. The van der Waals surface area contributed by atoms with Gasteiger partial charge in [0.25, 0.3) is 5.91 Å². The maximum Gasteiger partial charge on any atom is 0.251 e. The first kappa shape index (κ1) is 19.4. The summed E-state index contributed by atoms with van der Waals surface area (Å²) < 4.78 is 40.1. The summed E-state index contributed by atoms with van der Waals surface area (Å²) in [6.45, 7) is 0.497. The molecule has 4 nitrogen and oxygen atoms in total. The van der Waals surface area contributed by atoms with E-state index in [-0.39, 0.29) is 17.4 Å². The Bertz CT molecular complexity index is 964. The molecule has 0 aliphatic heterocycles. The van der Waals surface area contributed by atoms with Gasteiger partial charge in [-0.15, -0.1) is 0 Å². The van der Waals surface area contributed by atoms with Gasteiger partial charge in [0.2, 0.25) is 0 Å². The second kappa shape index (κ2) is 9.03. The van der Waals surface area contributed by atoms with Gasteiger partial charge in [0.15, 0.2) is 17.5 Å². The van der Waals surface area contributed by atoms with E-state index < -0.39 is 17.5 Å². The fourth-order valence-corrected chi connectivity index (χ4v) is 2.64. The van der Waals surface area contributed by atoms with Gasteiger partial charge in [-0.2, -0.15) is 0 Å². The number of rotatable bonds is 7. The molecule has 28 heavy (non-hydrogen) atoms. The van der Waals surface area contributed by atoms with Crippen LogP contribution in [0, 0.1) is 17.5 Å². The van der Waals surface area contributed by atoms with Crippen LogP contribution in [-0.2, 0) is 6.42 Å². The molecule has 1 heterocycles. The third kappa shape index (κ3) is 4.88. The quantitative estimate of drug-likeness (QED) is 0.461. The number of aromatic nitrogens is 1. The van der Waals surface area contributed by atoms with Gasteiger partial charge in [-0.25, -0.2) is 18.2 Å². The number of amides is 1. The van der Waals surface area contributed by atoms with Gasteiger partial charge in [0, 0.05) is 18.3 Å². The van der Waals surface area contributed by atoms with Crippen molar-refractivity contribution in [3.8, 4) is 0 Å². The molecule has 3 rings (SSSR count). The molecule has 0 bridgehead atoms. The number of nitrogens with one attached hydrogen (secondary N) is 2. The van der Waals surface area contributed by atoms with Crippen molar-refractivity contribution in [1.29, 1.82) is 0 Å². The Morgan fingerprint density at radius 2 is 1.75 bits per heavy atom. The zero-order chi connectivity index (χ0) is 19.9. The second-order valence-corrected chi connectivity index (χ2v) is 6.12. The molecule has 3 aromatic rings. The van der Waals surface area contributed by atoms with E-state index in [0.29, 0.717) is 12.1 Å². The summed E-state index contributed by atoms with van der Waals surface area (Å²) in [6.07, 6.45) is 3.00. The first-order valence-corrected chi connectivity index (χ1v) is 8.73. The molecular formula is C21H18F3N3O. The molecule has 0 fully saturated rings. The fourth-order valence-electron chi connectivity index (χ4n) is 2.64. The van der Waals surface area contributed by atoms with Gasteiger partial charge in [-0.1, -0.05) is 30.3 Å². The van der Waals surface area contributed by atoms with E-state index in [1.165, 1.54) is 23.9 Å². The van der Waals surface area contributed by atoms with Crippen molar-refractivity contribution in [3.63, 3.8) is 0 Å². The predicted molar refractivity (Wildman–Crippen MR) is 101 cm³/mol. The standard InChI is InChI=1S/C21H18F3N3O/c22-16-8-9-17(20(24)19(16)23)27-18-13-15(10-12-25-18)21(28)26-11-4-7-14-5-2-1-3-6-14/h1-3,5-6,8-10,12-13H,4,7,11H2,(H,25,27)(H,26,28). The number of carbonyl (C=O) groups is 1. The van der Waals surface area contributed by atoms with Crippen LogP contribution in [0.1, 0.15) is 22.3 Å². The molecule has 0 saturated heterocycles. The number of aryl methyl sites for hydroxylation is 1. The molecule has 0 saturated carbocycles. The number of hydrogen-bond acceptors (Lipinski definition) is 3. The summed E-state index contributed by atoms with van der Waals surface area (Å²) in [5, 5.41) is 5.36. The van der Waals surface area contributed by atoms with E-state index in [1.807, 2.05) is 30.3 Å². The van der Waals surface area contributed by atoms with E-state index in [4.69, 9.17) is 0 Å². The Labute approximate surface area is 160 Å². The van der Waals surface area contributed by atoms with E-state index in [9.17, 15) is 18.0 Å². The van der Waals surface area contributed by atoms with Gasteiger partial charge in [0.1, 0.15) is 5.82 Å². The number of pyridine rings is 1. The maximum atomic E-state index is 13.8. The van der Waals surface area contributed by atoms with E-state index >= 15 is 0 Å². The topological polar surface area (TPSA) is 54.0 Å². The maximum absolute atomic E-state index is 13.8. The van der Waals surface area contributed by atoms with Crippen molar-refractivity contribution in [3.05, 3.63) is 89.4 Å². The number of carbonyl (C=O) groups excluding carboxylic acids is 1. The Morgan fingerprint density at radius 1 is 0.964 bits per heavy atom. The average Bonchev–Trinajstić information content (AvgIpc) is 2.72. The molecular weight excluding hydrogens is 367 g/mol. The summed E-state index contributed by atoms with van der Waals surface area (Å²) in [4.78, 5) is 16.2. The van der Waals surface area contributed by atoms with Crippen molar-refractivity contribution in [2.24, 2.45) is 0 Å². The molecule has 0 aliphatic rings. The predicted octanol–water partition coefficient (Wildman–Crippen LogP) is 4.61. The number of benzene rings is 2. The molecule has 0 radical (unpaired) electrons. The monoisotopic (exact) mass is 385 g/mol. The van der Waals surface area contributed by atoms with Crippen LogP contribution in [0.4, 0.5) is 24.7 Å². The largest absolute Gasteiger partial charge is 0.352 e. The van der Waals surface area contributed by atoms with Crippen molar-refractivity contribution < 1.29 is 18.0 Å². The zero-order valence-corrected chi connectivity index (χ0v) is 14.9. The van der Waals surface area contributed by atoms with Crippen LogP contribution in [0.5, 0.6) is 0 Å². The van der Waals surface area contributed by atoms with Gasteiger partial charge in [0.05, 0.1) is 5.69 Å². The van der Waals surface area contributed by atoms with Crippen LogP contribution in [0.15, 0.2) is 60.8 Å². The van der Waals surface area contributed by atoms with Crippen molar-refractivity contribution in [2.75, 3.05) is 11.9 Å². The highest BCUT2D eigenvalue weighted by atomic mass is 19.2. The van der Waals surface area contributed by atoms with Crippen molar-refractivity contribution >= 4 is 17.4 Å². The molecule has 144 valence electrons. The molecule has 0 atom stereocenters. The molecule has 2 aromatic carbocycles. The highest BCUT2D eigenvalue weighted by Gasteiger charge is 2.14. The Hall–Kier alpha value is -3.35. The lowest BCUT2D eigenvalue weighted by atomic mass is 10.1. The molecule has 1 amide bonds. The second-order valence-electron chi connectivity index (χ2n) is 6.12. The minimum atomic E-state index is -1.57. The third-order valence-electron chi connectivity index (χ3n) is 4.09. The van der Waals surface area contributed by atoms with Crippen molar-refractivity contribution in [1.82, 2.24) is 10.3 Å². The smallest absolute Gasteiger partial charge is 0.251 e. The molecule has 2 N–H and O–H groups in total. The van der Waals surface area contributed by atoms with Crippen molar-refractivity contribution in [2.45, 2.75) is 12.8 Å².